The van der Waals surface area contributed by atoms with Crippen LogP contribution in [0.3, 0.4) is 0 Å². The van der Waals surface area contributed by atoms with Gasteiger partial charge in [-0.2, -0.15) is 0 Å². The second-order valence-corrected chi connectivity index (χ2v) is 7.94. The standard InChI is InChI=1S/C25H22ClN3O3/c1-28(2)21-13-10-18(23(15-21)32-16-17-8-11-19(26)12-9-17)14-22-24(30)27-29(25(22)31)20-6-4-3-5-7-20/h3-15H,16H2,1-2H3,(H,27,30). The van der Waals surface area contributed by atoms with Crippen molar-refractivity contribution in [2.24, 2.45) is 0 Å². The van der Waals surface area contributed by atoms with Gasteiger partial charge >= 0.3 is 0 Å². The highest BCUT2D eigenvalue weighted by Gasteiger charge is 2.34. The van der Waals surface area contributed by atoms with Crippen molar-refractivity contribution in [1.82, 2.24) is 5.43 Å². The average molecular weight is 448 g/mol. The van der Waals surface area contributed by atoms with Crippen molar-refractivity contribution in [3.8, 4) is 5.75 Å². The highest BCUT2D eigenvalue weighted by molar-refractivity contribution is 6.31. The Morgan fingerprint density at radius 1 is 1.00 bits per heavy atom. The number of hydrogen-bond acceptors (Lipinski definition) is 4. The molecule has 1 N–H and O–H groups in total. The average Bonchev–Trinajstić information content (AvgIpc) is 3.08. The summed E-state index contributed by atoms with van der Waals surface area (Å²) in [6.45, 7) is 0.320. The van der Waals surface area contributed by atoms with Gasteiger partial charge in [0.25, 0.3) is 11.8 Å². The Hall–Kier alpha value is -3.77. The van der Waals surface area contributed by atoms with Crippen LogP contribution in [0.5, 0.6) is 5.75 Å². The summed E-state index contributed by atoms with van der Waals surface area (Å²) >= 11 is 5.96. The van der Waals surface area contributed by atoms with Crippen molar-refractivity contribution in [3.63, 3.8) is 0 Å². The number of anilines is 2. The van der Waals surface area contributed by atoms with Crippen LogP contribution in [0.4, 0.5) is 11.4 Å². The molecule has 3 aromatic rings. The van der Waals surface area contributed by atoms with Crippen LogP contribution in [0.1, 0.15) is 11.1 Å². The Morgan fingerprint density at radius 3 is 2.41 bits per heavy atom. The van der Waals surface area contributed by atoms with Gasteiger partial charge in [-0.1, -0.05) is 41.9 Å². The van der Waals surface area contributed by atoms with Gasteiger partial charge in [-0.15, -0.1) is 0 Å². The molecule has 0 aromatic heterocycles. The van der Waals surface area contributed by atoms with Crippen LogP contribution in [0, 0.1) is 0 Å². The summed E-state index contributed by atoms with van der Waals surface area (Å²) in [5.41, 5.74) is 5.78. The maximum atomic E-state index is 12.9. The summed E-state index contributed by atoms with van der Waals surface area (Å²) in [7, 11) is 3.87. The zero-order chi connectivity index (χ0) is 22.7. The molecule has 0 aliphatic carbocycles. The van der Waals surface area contributed by atoms with Crippen LogP contribution in [0.15, 0.2) is 78.4 Å². The molecule has 32 heavy (non-hydrogen) atoms. The van der Waals surface area contributed by atoms with E-state index in [1.807, 2.05) is 55.4 Å². The van der Waals surface area contributed by atoms with E-state index in [-0.39, 0.29) is 5.57 Å². The van der Waals surface area contributed by atoms with Gasteiger partial charge in [0.05, 0.1) is 5.69 Å². The molecule has 162 valence electrons. The van der Waals surface area contributed by atoms with Gasteiger partial charge in [-0.3, -0.25) is 15.0 Å². The number of carbonyl (C=O) groups is 2. The number of ether oxygens (including phenoxy) is 1. The van der Waals surface area contributed by atoms with Gasteiger partial charge in [0.1, 0.15) is 17.9 Å². The first-order valence-electron chi connectivity index (χ1n) is 10.0. The molecule has 0 unspecified atom stereocenters. The van der Waals surface area contributed by atoms with Crippen LogP contribution in [-0.4, -0.2) is 25.9 Å². The Labute approximate surface area is 191 Å². The zero-order valence-electron chi connectivity index (χ0n) is 17.7. The number of hydrogen-bond donors (Lipinski definition) is 1. The number of rotatable bonds is 6. The van der Waals surface area contributed by atoms with Gasteiger partial charge in [0.15, 0.2) is 0 Å². The van der Waals surface area contributed by atoms with E-state index in [9.17, 15) is 9.59 Å². The van der Waals surface area contributed by atoms with Gasteiger partial charge < -0.3 is 9.64 Å². The lowest BCUT2D eigenvalue weighted by Crippen LogP contribution is -2.35. The molecule has 1 fully saturated rings. The molecule has 0 saturated carbocycles. The van der Waals surface area contributed by atoms with Gasteiger partial charge in [-0.25, -0.2) is 5.01 Å². The summed E-state index contributed by atoms with van der Waals surface area (Å²) in [5, 5.41) is 1.90. The van der Waals surface area contributed by atoms with E-state index in [4.69, 9.17) is 16.3 Å². The minimum absolute atomic E-state index is 0.0443. The highest BCUT2D eigenvalue weighted by Crippen LogP contribution is 2.29. The number of halogens is 1. The van der Waals surface area contributed by atoms with E-state index >= 15 is 0 Å². The molecule has 2 amide bonds. The molecule has 6 nitrogen and oxygen atoms in total. The Balaban J connectivity index is 1.64. The topological polar surface area (TPSA) is 61.9 Å². The Morgan fingerprint density at radius 2 is 1.72 bits per heavy atom. The predicted octanol–water partition coefficient (Wildman–Crippen LogP) is 4.45. The van der Waals surface area contributed by atoms with Crippen LogP contribution in [0.2, 0.25) is 5.02 Å². The summed E-state index contributed by atoms with van der Waals surface area (Å²) < 4.78 is 6.08. The molecular weight excluding hydrogens is 426 g/mol. The number of nitrogens with zero attached hydrogens (tertiary/aromatic N) is 2. The summed E-state index contributed by atoms with van der Waals surface area (Å²) in [6.07, 6.45) is 1.57. The molecule has 4 rings (SSSR count). The van der Waals surface area contributed by atoms with Gasteiger partial charge in [0.2, 0.25) is 0 Å². The van der Waals surface area contributed by atoms with Crippen molar-refractivity contribution in [2.75, 3.05) is 24.0 Å². The van der Waals surface area contributed by atoms with Crippen molar-refractivity contribution >= 4 is 40.9 Å². The third-order valence-corrected chi connectivity index (χ3v) is 5.28. The van der Waals surface area contributed by atoms with Crippen LogP contribution in [0.25, 0.3) is 6.08 Å². The maximum Gasteiger partial charge on any atom is 0.282 e. The molecule has 1 aliphatic rings. The fraction of sp³-hybridized carbons (Fsp3) is 0.120. The second kappa shape index (κ2) is 9.16. The van der Waals surface area contributed by atoms with Crippen molar-refractivity contribution in [2.45, 2.75) is 6.61 Å². The molecule has 0 bridgehead atoms. The van der Waals surface area contributed by atoms with E-state index in [2.05, 4.69) is 5.43 Å². The first-order chi connectivity index (χ1) is 15.4. The fourth-order valence-corrected chi connectivity index (χ4v) is 3.38. The maximum absolute atomic E-state index is 12.9. The number of benzene rings is 3. The van der Waals surface area contributed by atoms with E-state index in [0.29, 0.717) is 28.6 Å². The van der Waals surface area contributed by atoms with Crippen LogP contribution >= 0.6 is 11.6 Å². The smallest absolute Gasteiger partial charge is 0.282 e. The van der Waals surface area contributed by atoms with Crippen LogP contribution < -0.4 is 20.1 Å². The van der Waals surface area contributed by atoms with Crippen LogP contribution in [-0.2, 0) is 16.2 Å². The van der Waals surface area contributed by atoms with Crippen molar-refractivity contribution in [1.29, 1.82) is 0 Å². The molecule has 0 atom stereocenters. The molecule has 1 saturated heterocycles. The SMILES string of the molecule is CN(C)c1ccc(C=C2C(=O)NN(c3ccccc3)C2=O)c(OCc2ccc(Cl)cc2)c1. The third kappa shape index (κ3) is 4.60. The first-order valence-corrected chi connectivity index (χ1v) is 10.4. The molecule has 0 radical (unpaired) electrons. The monoisotopic (exact) mass is 447 g/mol. The van der Waals surface area contributed by atoms with Gasteiger partial charge in [0, 0.05) is 36.4 Å². The van der Waals surface area contributed by atoms with Crippen molar-refractivity contribution < 1.29 is 14.3 Å². The predicted molar refractivity (Wildman–Crippen MR) is 127 cm³/mol. The Bertz CT molecular complexity index is 1170. The minimum Gasteiger partial charge on any atom is -0.488 e. The van der Waals surface area contributed by atoms with Crippen molar-refractivity contribution in [3.05, 3.63) is 94.5 Å². The molecule has 1 aliphatic heterocycles. The molecule has 0 spiro atoms. The molecule has 3 aromatic carbocycles. The number of nitrogens with one attached hydrogen (secondary N) is 1. The van der Waals surface area contributed by atoms with E-state index < -0.39 is 11.8 Å². The normalized spacial score (nSPS) is 14.6. The lowest BCUT2D eigenvalue weighted by Gasteiger charge is -2.16. The Kier molecular flexibility index (Phi) is 6.14. The minimum atomic E-state index is -0.459. The number of carbonyl (C=O) groups excluding carboxylic acids is 2. The quantitative estimate of drug-likeness (QED) is 0.448. The number of amides is 2. The molecular formula is C25H22ClN3O3. The highest BCUT2D eigenvalue weighted by atomic mass is 35.5. The lowest BCUT2D eigenvalue weighted by molar-refractivity contribution is -0.117. The second-order valence-electron chi connectivity index (χ2n) is 7.51. The fourth-order valence-electron chi connectivity index (χ4n) is 3.26. The first kappa shape index (κ1) is 21.5. The van der Waals surface area contributed by atoms with E-state index in [1.54, 1.807) is 42.5 Å². The number of hydrazine groups is 1. The summed E-state index contributed by atoms with van der Waals surface area (Å²) in [6, 6.07) is 22.0. The summed E-state index contributed by atoms with van der Waals surface area (Å²) in [5.74, 6) is -0.307. The summed E-state index contributed by atoms with van der Waals surface area (Å²) in [4.78, 5) is 27.5. The third-order valence-electron chi connectivity index (χ3n) is 5.03. The van der Waals surface area contributed by atoms with Gasteiger partial charge in [-0.05, 0) is 48.0 Å². The zero-order valence-corrected chi connectivity index (χ0v) is 18.5. The molecule has 7 heteroatoms. The number of para-hydroxylation sites is 1. The lowest BCUT2D eigenvalue weighted by atomic mass is 10.1. The van der Waals surface area contributed by atoms with E-state index in [0.717, 1.165) is 11.3 Å². The van der Waals surface area contributed by atoms with E-state index in [1.165, 1.54) is 5.01 Å². The molecule has 1 heterocycles. The largest absolute Gasteiger partial charge is 0.488 e.